The number of aromatic nitrogens is 4. The smallest absolute Gasteiger partial charge is 0.238 e. The fourth-order valence-corrected chi connectivity index (χ4v) is 7.87. The molecule has 3 aromatic heterocycles. The van der Waals surface area contributed by atoms with Crippen molar-refractivity contribution in [1.29, 1.82) is 0 Å². The third-order valence-electron chi connectivity index (χ3n) is 8.99. The van der Waals surface area contributed by atoms with E-state index in [2.05, 4.69) is 132 Å². The molecular weight excluding hydrogens is 581 g/mol. The van der Waals surface area contributed by atoms with Gasteiger partial charge in [-0.3, -0.25) is 4.57 Å². The third kappa shape index (κ3) is 3.89. The molecule has 0 N–H and O–H groups in total. The van der Waals surface area contributed by atoms with Gasteiger partial charge in [-0.1, -0.05) is 97.1 Å². The summed E-state index contributed by atoms with van der Waals surface area (Å²) in [6.45, 7) is 0. The van der Waals surface area contributed by atoms with Crippen LogP contribution in [0.5, 0.6) is 0 Å². The van der Waals surface area contributed by atoms with Crippen LogP contribution in [0, 0.1) is 0 Å². The zero-order chi connectivity index (χ0) is 30.2. The first kappa shape index (κ1) is 25.4. The highest BCUT2D eigenvalue weighted by Crippen LogP contribution is 2.38. The molecule has 0 unspecified atom stereocenters. The summed E-state index contributed by atoms with van der Waals surface area (Å²) in [5.41, 5.74) is 4.05. The topological polar surface area (TPSA) is 43.6 Å². The molecule has 10 aromatic rings. The molecule has 214 valence electrons. The van der Waals surface area contributed by atoms with Gasteiger partial charge in [0.1, 0.15) is 0 Å². The second-order valence-corrected chi connectivity index (χ2v) is 12.8. The molecule has 0 bridgehead atoms. The summed E-state index contributed by atoms with van der Waals surface area (Å²) in [5.74, 6) is 1.90. The van der Waals surface area contributed by atoms with Gasteiger partial charge in [-0.25, -0.2) is 4.98 Å². The minimum absolute atomic E-state index is 0.602. The summed E-state index contributed by atoms with van der Waals surface area (Å²) in [5, 5.41) is 9.59. The van der Waals surface area contributed by atoms with E-state index in [1.807, 2.05) is 29.5 Å². The maximum Gasteiger partial charge on any atom is 0.238 e. The Labute approximate surface area is 267 Å². The van der Waals surface area contributed by atoms with E-state index >= 15 is 0 Å². The zero-order valence-corrected chi connectivity index (χ0v) is 25.4. The van der Waals surface area contributed by atoms with Gasteiger partial charge in [0.05, 0.1) is 11.0 Å². The molecule has 0 aliphatic carbocycles. The van der Waals surface area contributed by atoms with Crippen LogP contribution in [0.4, 0.5) is 0 Å². The van der Waals surface area contributed by atoms with Gasteiger partial charge in [0, 0.05) is 42.1 Å². The van der Waals surface area contributed by atoms with E-state index in [0.29, 0.717) is 17.6 Å². The largest absolute Gasteiger partial charge is 0.278 e. The first-order chi connectivity index (χ1) is 22.8. The summed E-state index contributed by atoms with van der Waals surface area (Å²) in [7, 11) is 0. The van der Waals surface area contributed by atoms with Crippen molar-refractivity contribution in [3.8, 4) is 28.7 Å². The highest BCUT2D eigenvalue weighted by Gasteiger charge is 2.19. The number of hydrogen-bond acceptors (Lipinski definition) is 4. The molecule has 10 rings (SSSR count). The summed E-state index contributed by atoms with van der Waals surface area (Å²) in [6, 6.07) is 51.5. The number of fused-ring (bicyclic) bond motifs is 8. The molecule has 5 heteroatoms. The Kier molecular flexibility index (Phi) is 5.41. The Balaban J connectivity index is 1.31. The van der Waals surface area contributed by atoms with Crippen LogP contribution in [-0.4, -0.2) is 19.5 Å². The monoisotopic (exact) mass is 604 g/mol. The van der Waals surface area contributed by atoms with Crippen LogP contribution >= 0.6 is 11.3 Å². The molecule has 0 atom stereocenters. The molecule has 0 amide bonds. The van der Waals surface area contributed by atoms with Crippen molar-refractivity contribution in [3.05, 3.63) is 146 Å². The molecule has 0 saturated heterocycles. The number of rotatable bonds is 3. The van der Waals surface area contributed by atoms with Crippen molar-refractivity contribution >= 4 is 74.9 Å². The first-order valence-corrected chi connectivity index (χ1v) is 16.2. The normalized spacial score (nSPS) is 11.9. The van der Waals surface area contributed by atoms with Gasteiger partial charge in [0.2, 0.25) is 5.95 Å². The van der Waals surface area contributed by atoms with Crippen LogP contribution in [0.2, 0.25) is 0 Å². The highest BCUT2D eigenvalue weighted by atomic mass is 32.1. The Morgan fingerprint density at radius 3 is 1.61 bits per heavy atom. The highest BCUT2D eigenvalue weighted by molar-refractivity contribution is 7.25. The lowest BCUT2D eigenvalue weighted by Gasteiger charge is -2.11. The second-order valence-electron chi connectivity index (χ2n) is 11.7. The van der Waals surface area contributed by atoms with Gasteiger partial charge < -0.3 is 0 Å². The molecule has 0 fully saturated rings. The summed E-state index contributed by atoms with van der Waals surface area (Å²) < 4.78 is 4.75. The van der Waals surface area contributed by atoms with Crippen molar-refractivity contribution in [2.24, 2.45) is 0 Å². The maximum atomic E-state index is 5.25. The average Bonchev–Trinajstić information content (AvgIpc) is 3.64. The predicted octanol–water partition coefficient (Wildman–Crippen LogP) is 11.0. The Morgan fingerprint density at radius 1 is 0.391 bits per heavy atom. The van der Waals surface area contributed by atoms with Crippen LogP contribution in [-0.2, 0) is 0 Å². The fraction of sp³-hybridized carbons (Fsp3) is 0. The summed E-state index contributed by atoms with van der Waals surface area (Å²) >= 11 is 1.81. The lowest BCUT2D eigenvalue weighted by Crippen LogP contribution is -2.06. The Morgan fingerprint density at radius 2 is 0.935 bits per heavy atom. The molecule has 46 heavy (non-hydrogen) atoms. The number of thiophene rings is 1. The van der Waals surface area contributed by atoms with E-state index in [1.165, 1.54) is 52.5 Å². The molecule has 0 saturated carbocycles. The van der Waals surface area contributed by atoms with Crippen molar-refractivity contribution in [2.45, 2.75) is 0 Å². The number of nitrogens with zero attached hydrogens (tertiary/aromatic N) is 4. The average molecular weight is 605 g/mol. The lowest BCUT2D eigenvalue weighted by molar-refractivity contribution is 0.954. The van der Waals surface area contributed by atoms with E-state index in [0.717, 1.165) is 22.2 Å². The SMILES string of the molecule is c1ccc(-c2nc(-c3ccc4sc5ccccc5c4c3)nc(-n3c4cc5ccccc5cc4c4cc5ccccc5cc43)n2)cc1. The summed E-state index contributed by atoms with van der Waals surface area (Å²) in [4.78, 5) is 15.5. The lowest BCUT2D eigenvalue weighted by atomic mass is 10.0. The van der Waals surface area contributed by atoms with Crippen LogP contribution < -0.4 is 0 Å². The maximum absolute atomic E-state index is 5.25. The van der Waals surface area contributed by atoms with Crippen molar-refractivity contribution in [3.63, 3.8) is 0 Å². The first-order valence-electron chi connectivity index (χ1n) is 15.4. The Bertz CT molecular complexity index is 2720. The van der Waals surface area contributed by atoms with E-state index in [9.17, 15) is 0 Å². The van der Waals surface area contributed by atoms with Crippen LogP contribution in [0.15, 0.2) is 146 Å². The van der Waals surface area contributed by atoms with Crippen LogP contribution in [0.25, 0.3) is 92.2 Å². The second kappa shape index (κ2) is 9.80. The van der Waals surface area contributed by atoms with E-state index < -0.39 is 0 Å². The van der Waals surface area contributed by atoms with Gasteiger partial charge in [0.25, 0.3) is 0 Å². The van der Waals surface area contributed by atoms with E-state index in [-0.39, 0.29) is 0 Å². The van der Waals surface area contributed by atoms with Gasteiger partial charge in [-0.05, 0) is 70.1 Å². The molecule has 0 radical (unpaired) electrons. The minimum Gasteiger partial charge on any atom is -0.278 e. The molecule has 0 aliphatic rings. The molecular formula is C41H24N4S. The molecule has 0 spiro atoms. The van der Waals surface area contributed by atoms with Gasteiger partial charge >= 0.3 is 0 Å². The standard InChI is InChI=1S/C41H24N4S/c1-2-10-25(11-3-1)39-42-40(30-18-19-38-34(22-30)31-16-8-9-17-37(31)46-38)44-41(43-39)45-35-23-28-14-6-4-12-26(28)20-32(35)33-21-27-13-5-7-15-29(27)24-36(33)45/h1-24H. The number of benzene rings is 7. The molecule has 3 heterocycles. The fourth-order valence-electron chi connectivity index (χ4n) is 6.78. The quantitative estimate of drug-likeness (QED) is 0.201. The molecule has 0 aliphatic heterocycles. The van der Waals surface area contributed by atoms with Gasteiger partial charge in [-0.2, -0.15) is 9.97 Å². The number of hydrogen-bond donors (Lipinski definition) is 0. The van der Waals surface area contributed by atoms with Crippen molar-refractivity contribution in [1.82, 2.24) is 19.5 Å². The Hall–Kier alpha value is -5.91. The van der Waals surface area contributed by atoms with Crippen molar-refractivity contribution < 1.29 is 0 Å². The van der Waals surface area contributed by atoms with Crippen molar-refractivity contribution in [2.75, 3.05) is 0 Å². The zero-order valence-electron chi connectivity index (χ0n) is 24.6. The predicted molar refractivity (Wildman–Crippen MR) is 193 cm³/mol. The third-order valence-corrected chi connectivity index (χ3v) is 10.1. The minimum atomic E-state index is 0.602. The van der Waals surface area contributed by atoms with Gasteiger partial charge in [0.15, 0.2) is 11.6 Å². The summed E-state index contributed by atoms with van der Waals surface area (Å²) in [6.07, 6.45) is 0. The van der Waals surface area contributed by atoms with E-state index in [1.54, 1.807) is 0 Å². The van der Waals surface area contributed by atoms with Gasteiger partial charge in [-0.15, -0.1) is 11.3 Å². The molecule has 7 aromatic carbocycles. The van der Waals surface area contributed by atoms with Crippen LogP contribution in [0.1, 0.15) is 0 Å². The van der Waals surface area contributed by atoms with E-state index in [4.69, 9.17) is 15.0 Å². The van der Waals surface area contributed by atoms with Crippen LogP contribution in [0.3, 0.4) is 0 Å². The molecule has 4 nitrogen and oxygen atoms in total.